The minimum atomic E-state index is -0.432. The molecule has 0 unspecified atom stereocenters. The minimum Gasteiger partial charge on any atom is -0.321 e. The molecule has 6 rings (SSSR count). The van der Waals surface area contributed by atoms with Crippen molar-refractivity contribution in [2.24, 2.45) is 21.9 Å². The molecule has 1 saturated carbocycles. The van der Waals surface area contributed by atoms with Gasteiger partial charge in [-0.25, -0.2) is 13.8 Å². The van der Waals surface area contributed by atoms with Crippen LogP contribution in [0.15, 0.2) is 64.8 Å². The third-order valence-corrected chi connectivity index (χ3v) is 7.33. The molecule has 1 saturated heterocycles. The molecule has 3 heterocycles. The van der Waals surface area contributed by atoms with Gasteiger partial charge >= 0.3 is 0 Å². The lowest BCUT2D eigenvalue weighted by Crippen LogP contribution is -2.34. The van der Waals surface area contributed by atoms with E-state index < -0.39 is 11.6 Å². The van der Waals surface area contributed by atoms with Crippen LogP contribution in [0.5, 0.6) is 0 Å². The maximum absolute atomic E-state index is 13.4. The van der Waals surface area contributed by atoms with Gasteiger partial charge in [0.1, 0.15) is 17.3 Å². The van der Waals surface area contributed by atoms with Crippen molar-refractivity contribution in [1.82, 2.24) is 20.1 Å². The Morgan fingerprint density at radius 1 is 1.13 bits per heavy atom. The number of aliphatic imine (C=N–C) groups is 1. The number of aromatic nitrogens is 3. The number of pyridine rings is 1. The predicted octanol–water partition coefficient (Wildman–Crippen LogP) is 6.02. The summed E-state index contributed by atoms with van der Waals surface area (Å²) < 4.78 is 26.9. The van der Waals surface area contributed by atoms with Crippen molar-refractivity contribution in [2.75, 3.05) is 13.1 Å². The molecule has 0 spiro atoms. The van der Waals surface area contributed by atoms with Crippen molar-refractivity contribution in [1.29, 1.82) is 0 Å². The summed E-state index contributed by atoms with van der Waals surface area (Å²) in [4.78, 5) is 10.5. The first-order chi connectivity index (χ1) is 19.0. The SMILES string of the molecule is C=N/C(=N\N)c1ccc2[nH]nc(-c3ccnc(C4CC4)c3)c2c1.C[C@@H]1CCCN(Cc2c(F)cccc2F)C1. The fraction of sp³-hybridized carbons (Fsp3) is 0.333. The van der Waals surface area contributed by atoms with Crippen LogP contribution in [-0.4, -0.2) is 45.7 Å². The maximum atomic E-state index is 13.4. The Balaban J connectivity index is 0.000000169. The molecular weight excluding hydrogens is 496 g/mol. The number of hydrazone groups is 1. The number of aromatic amines is 1. The van der Waals surface area contributed by atoms with E-state index in [2.05, 4.69) is 49.9 Å². The number of hydrogen-bond acceptors (Lipinski definition) is 5. The maximum Gasteiger partial charge on any atom is 0.178 e. The molecule has 202 valence electrons. The lowest BCUT2D eigenvalue weighted by molar-refractivity contribution is 0.172. The summed E-state index contributed by atoms with van der Waals surface area (Å²) in [5, 5.41) is 12.2. The molecule has 4 aromatic rings. The molecule has 2 fully saturated rings. The molecule has 1 aliphatic heterocycles. The number of halogens is 2. The summed E-state index contributed by atoms with van der Waals surface area (Å²) in [5.74, 6) is 6.15. The van der Waals surface area contributed by atoms with Crippen molar-refractivity contribution >= 4 is 23.5 Å². The van der Waals surface area contributed by atoms with E-state index in [4.69, 9.17) is 5.84 Å². The van der Waals surface area contributed by atoms with Crippen LogP contribution in [0.1, 0.15) is 55.3 Å². The van der Waals surface area contributed by atoms with Gasteiger partial charge in [-0.15, -0.1) is 0 Å². The Labute approximate surface area is 226 Å². The molecule has 2 aromatic heterocycles. The number of amidine groups is 1. The monoisotopic (exact) mass is 529 g/mol. The number of rotatable bonds is 5. The van der Waals surface area contributed by atoms with Crippen LogP contribution in [0.4, 0.5) is 8.78 Å². The molecule has 3 N–H and O–H groups in total. The summed E-state index contributed by atoms with van der Waals surface area (Å²) in [6, 6.07) is 14.0. The van der Waals surface area contributed by atoms with E-state index in [0.29, 0.717) is 24.2 Å². The Hall–Kier alpha value is -3.98. The van der Waals surface area contributed by atoms with Crippen molar-refractivity contribution in [2.45, 2.75) is 45.1 Å². The number of H-pyrrole nitrogens is 1. The van der Waals surface area contributed by atoms with Crippen LogP contribution in [0.3, 0.4) is 0 Å². The van der Waals surface area contributed by atoms with Gasteiger partial charge in [-0.05, 0) is 87.3 Å². The molecule has 39 heavy (non-hydrogen) atoms. The van der Waals surface area contributed by atoms with Gasteiger partial charge in [-0.1, -0.05) is 13.0 Å². The van der Waals surface area contributed by atoms with E-state index >= 15 is 0 Å². The van der Waals surface area contributed by atoms with Gasteiger partial charge in [0.15, 0.2) is 5.84 Å². The highest BCUT2D eigenvalue weighted by Crippen LogP contribution is 2.40. The highest BCUT2D eigenvalue weighted by molar-refractivity contribution is 6.05. The summed E-state index contributed by atoms with van der Waals surface area (Å²) >= 11 is 0. The molecule has 1 aliphatic carbocycles. The van der Waals surface area contributed by atoms with Gasteiger partial charge < -0.3 is 5.84 Å². The molecule has 0 bridgehead atoms. The highest BCUT2D eigenvalue weighted by Gasteiger charge is 2.25. The zero-order valence-electron chi connectivity index (χ0n) is 22.1. The zero-order valence-corrected chi connectivity index (χ0v) is 22.1. The largest absolute Gasteiger partial charge is 0.321 e. The van der Waals surface area contributed by atoms with Gasteiger partial charge in [0, 0.05) is 53.0 Å². The first kappa shape index (κ1) is 26.6. The first-order valence-corrected chi connectivity index (χ1v) is 13.3. The summed E-state index contributed by atoms with van der Waals surface area (Å²) in [6.45, 7) is 7.96. The molecule has 0 amide bonds. The predicted molar refractivity (Wildman–Crippen MR) is 152 cm³/mol. The molecular formula is C30H33F2N7. The average molecular weight is 530 g/mol. The summed E-state index contributed by atoms with van der Waals surface area (Å²) in [7, 11) is 0. The van der Waals surface area contributed by atoms with Gasteiger partial charge in [0.2, 0.25) is 0 Å². The standard InChI is InChI=1S/C17H16N6.C13H17F2N/c1-19-17(21-18)12-4-5-14-13(8-12)16(23-22-14)11-6-7-20-15(9-11)10-2-3-10;1-10-4-3-7-16(8-10)9-11-12(14)5-2-6-13(11)15/h4-10H,1-3,18H2,(H,22,23);2,5-6,10H,3-4,7-9H2,1H3/b21-17-;/t;10-/m.1/s1. The third kappa shape index (κ3) is 6.20. The van der Waals surface area contributed by atoms with E-state index in [1.807, 2.05) is 30.5 Å². The van der Waals surface area contributed by atoms with Crippen LogP contribution < -0.4 is 5.84 Å². The molecule has 7 nitrogen and oxygen atoms in total. The van der Waals surface area contributed by atoms with Crippen molar-refractivity contribution < 1.29 is 8.78 Å². The molecule has 0 radical (unpaired) electrons. The lowest BCUT2D eigenvalue weighted by Gasteiger charge is -2.30. The zero-order chi connectivity index (χ0) is 27.4. The normalized spacial score (nSPS) is 18.0. The van der Waals surface area contributed by atoms with Gasteiger partial charge in [0.05, 0.1) is 5.52 Å². The van der Waals surface area contributed by atoms with E-state index in [1.165, 1.54) is 37.5 Å². The van der Waals surface area contributed by atoms with Gasteiger partial charge in [0.25, 0.3) is 0 Å². The van der Waals surface area contributed by atoms with Crippen LogP contribution >= 0.6 is 0 Å². The van der Waals surface area contributed by atoms with E-state index in [0.717, 1.165) is 52.9 Å². The molecule has 1 atom stereocenters. The number of likely N-dealkylation sites (tertiary alicyclic amines) is 1. The topological polar surface area (TPSA) is 95.5 Å². The Kier molecular flexibility index (Phi) is 8.07. The van der Waals surface area contributed by atoms with Crippen molar-refractivity contribution in [3.8, 4) is 11.3 Å². The second-order valence-corrected chi connectivity index (χ2v) is 10.4. The van der Waals surface area contributed by atoms with Crippen LogP contribution in [0.2, 0.25) is 0 Å². The summed E-state index contributed by atoms with van der Waals surface area (Å²) in [6.07, 6.45) is 6.64. The second kappa shape index (κ2) is 11.8. The Bertz CT molecular complexity index is 1470. The highest BCUT2D eigenvalue weighted by atomic mass is 19.1. The van der Waals surface area contributed by atoms with E-state index in [1.54, 1.807) is 0 Å². The number of piperidine rings is 1. The van der Waals surface area contributed by atoms with Crippen molar-refractivity contribution in [3.63, 3.8) is 0 Å². The number of nitrogens with zero attached hydrogens (tertiary/aromatic N) is 5. The lowest BCUT2D eigenvalue weighted by atomic mass is 10.00. The number of benzene rings is 2. The first-order valence-electron chi connectivity index (χ1n) is 13.3. The van der Waals surface area contributed by atoms with Gasteiger partial charge in [-0.2, -0.15) is 10.2 Å². The number of nitrogens with two attached hydrogens (primary N) is 1. The van der Waals surface area contributed by atoms with Crippen molar-refractivity contribution in [3.05, 3.63) is 83.2 Å². The number of nitrogens with one attached hydrogen (secondary N) is 1. The van der Waals surface area contributed by atoms with E-state index in [9.17, 15) is 8.78 Å². The van der Waals surface area contributed by atoms with Crippen LogP contribution in [0.25, 0.3) is 22.2 Å². The molecule has 2 aliphatic rings. The molecule has 9 heteroatoms. The second-order valence-electron chi connectivity index (χ2n) is 10.4. The van der Waals surface area contributed by atoms with Crippen LogP contribution in [-0.2, 0) is 6.54 Å². The summed E-state index contributed by atoms with van der Waals surface area (Å²) in [5.41, 5.74) is 5.07. The average Bonchev–Trinajstić information content (AvgIpc) is 3.71. The fourth-order valence-electron chi connectivity index (χ4n) is 5.12. The smallest absolute Gasteiger partial charge is 0.178 e. The van der Waals surface area contributed by atoms with Gasteiger partial charge in [-0.3, -0.25) is 15.0 Å². The molecule has 2 aromatic carbocycles. The van der Waals surface area contributed by atoms with Crippen LogP contribution in [0, 0.1) is 17.6 Å². The third-order valence-electron chi connectivity index (χ3n) is 7.33. The number of hydrogen-bond donors (Lipinski definition) is 2. The number of fused-ring (bicyclic) bond motifs is 1. The Morgan fingerprint density at radius 2 is 1.92 bits per heavy atom. The minimum absolute atomic E-state index is 0.205. The quantitative estimate of drug-likeness (QED) is 0.143. The fourth-order valence-corrected chi connectivity index (χ4v) is 5.12. The van der Waals surface area contributed by atoms with E-state index in [-0.39, 0.29) is 5.56 Å². The Morgan fingerprint density at radius 3 is 2.62 bits per heavy atom.